The van der Waals surface area contributed by atoms with Gasteiger partial charge in [0.1, 0.15) is 5.75 Å². The highest BCUT2D eigenvalue weighted by molar-refractivity contribution is 5.92. The third-order valence-corrected chi connectivity index (χ3v) is 3.18. The summed E-state index contributed by atoms with van der Waals surface area (Å²) in [5.74, 6) is -0.208. The normalized spacial score (nSPS) is 10.8. The number of benzene rings is 2. The molecule has 7 heteroatoms. The van der Waals surface area contributed by atoms with E-state index in [-0.39, 0.29) is 17.9 Å². The first-order valence-corrected chi connectivity index (χ1v) is 6.90. The summed E-state index contributed by atoms with van der Waals surface area (Å²) < 4.78 is 43.7. The Labute approximate surface area is 136 Å². The summed E-state index contributed by atoms with van der Waals surface area (Å²) in [5, 5.41) is 11.0. The zero-order valence-corrected chi connectivity index (χ0v) is 12.6. The summed E-state index contributed by atoms with van der Waals surface area (Å²) in [6.07, 6.45) is -4.48. The van der Waals surface area contributed by atoms with Crippen molar-refractivity contribution in [1.82, 2.24) is 0 Å². The van der Waals surface area contributed by atoms with Gasteiger partial charge in [0.25, 0.3) is 5.91 Å². The van der Waals surface area contributed by atoms with E-state index in [1.165, 1.54) is 43.3 Å². The molecule has 2 rings (SSSR count). The number of ether oxygens (including phenoxy) is 1. The molecule has 124 valence electrons. The monoisotopic (exact) mass is 334 g/mol. The first kappa shape index (κ1) is 17.3. The third kappa shape index (κ3) is 4.49. The van der Waals surface area contributed by atoms with Crippen LogP contribution in [0.4, 0.5) is 18.9 Å². The number of hydrogen-bond acceptors (Lipinski definition) is 3. The number of alkyl halides is 3. The van der Waals surface area contributed by atoms with Crippen LogP contribution in [0.15, 0.2) is 42.5 Å². The van der Waals surface area contributed by atoms with Crippen LogP contribution in [0.3, 0.4) is 0 Å². The van der Waals surface area contributed by atoms with Crippen LogP contribution in [0.25, 0.3) is 0 Å². The van der Waals surface area contributed by atoms with Crippen molar-refractivity contribution in [3.8, 4) is 11.8 Å². The average molecular weight is 334 g/mol. The maximum atomic E-state index is 12.8. The SMILES string of the molecule is Cc1ccc(NC(=O)COc2ccc(C#N)cc2)cc1C(F)(F)F. The Bertz CT molecular complexity index is 778. The molecule has 0 saturated heterocycles. The molecule has 0 atom stereocenters. The highest BCUT2D eigenvalue weighted by atomic mass is 19.4. The first-order valence-electron chi connectivity index (χ1n) is 6.90. The number of carbonyl (C=O) groups excluding carboxylic acids is 1. The molecule has 0 aliphatic rings. The molecule has 2 aromatic carbocycles. The number of nitrogens with zero attached hydrogens (tertiary/aromatic N) is 1. The first-order chi connectivity index (χ1) is 11.3. The Morgan fingerprint density at radius 1 is 1.21 bits per heavy atom. The number of rotatable bonds is 4. The fourth-order valence-electron chi connectivity index (χ4n) is 1.98. The van der Waals surface area contributed by atoms with Gasteiger partial charge in [-0.15, -0.1) is 0 Å². The molecule has 0 spiro atoms. The van der Waals surface area contributed by atoms with Crippen molar-refractivity contribution >= 4 is 11.6 Å². The van der Waals surface area contributed by atoms with Crippen LogP contribution in [-0.2, 0) is 11.0 Å². The maximum Gasteiger partial charge on any atom is 0.416 e. The Morgan fingerprint density at radius 2 is 1.88 bits per heavy atom. The van der Waals surface area contributed by atoms with E-state index in [9.17, 15) is 18.0 Å². The van der Waals surface area contributed by atoms with Crippen molar-refractivity contribution < 1.29 is 22.7 Å². The smallest absolute Gasteiger partial charge is 0.416 e. The number of aryl methyl sites for hydroxylation is 1. The van der Waals surface area contributed by atoms with E-state index in [2.05, 4.69) is 5.32 Å². The van der Waals surface area contributed by atoms with Gasteiger partial charge in [0, 0.05) is 5.69 Å². The van der Waals surface area contributed by atoms with Gasteiger partial charge in [-0.3, -0.25) is 4.79 Å². The molecule has 1 amide bonds. The Kier molecular flexibility index (Phi) is 5.09. The average Bonchev–Trinajstić information content (AvgIpc) is 2.54. The van der Waals surface area contributed by atoms with Crippen LogP contribution in [-0.4, -0.2) is 12.5 Å². The molecule has 0 aromatic heterocycles. The van der Waals surface area contributed by atoms with Crippen molar-refractivity contribution in [1.29, 1.82) is 5.26 Å². The highest BCUT2D eigenvalue weighted by Crippen LogP contribution is 2.33. The minimum atomic E-state index is -4.48. The lowest BCUT2D eigenvalue weighted by molar-refractivity contribution is -0.138. The molecule has 0 aliphatic heterocycles. The van der Waals surface area contributed by atoms with Crippen LogP contribution >= 0.6 is 0 Å². The quantitative estimate of drug-likeness (QED) is 0.922. The lowest BCUT2D eigenvalue weighted by Crippen LogP contribution is -2.20. The van der Waals surface area contributed by atoms with E-state index >= 15 is 0 Å². The Morgan fingerprint density at radius 3 is 2.46 bits per heavy atom. The second-order valence-corrected chi connectivity index (χ2v) is 5.00. The summed E-state index contributed by atoms with van der Waals surface area (Å²) in [6.45, 7) is 0.990. The highest BCUT2D eigenvalue weighted by Gasteiger charge is 2.32. The molecule has 24 heavy (non-hydrogen) atoms. The summed E-state index contributed by atoms with van der Waals surface area (Å²) in [6, 6.07) is 11.6. The van der Waals surface area contributed by atoms with E-state index in [1.54, 1.807) is 0 Å². The van der Waals surface area contributed by atoms with Crippen molar-refractivity contribution in [3.05, 3.63) is 59.2 Å². The molecule has 0 heterocycles. The van der Waals surface area contributed by atoms with Crippen molar-refractivity contribution in [2.75, 3.05) is 11.9 Å². The Balaban J connectivity index is 1.98. The number of nitriles is 1. The van der Waals surface area contributed by atoms with Crippen LogP contribution in [0.5, 0.6) is 5.75 Å². The minimum Gasteiger partial charge on any atom is -0.484 e. The van der Waals surface area contributed by atoms with E-state index in [0.717, 1.165) is 6.07 Å². The van der Waals surface area contributed by atoms with Gasteiger partial charge in [-0.25, -0.2) is 0 Å². The molecule has 0 saturated carbocycles. The standard InChI is InChI=1S/C17H13F3N2O2/c1-11-2-5-13(8-15(11)17(18,19)20)22-16(23)10-24-14-6-3-12(9-21)4-7-14/h2-8H,10H2,1H3,(H,22,23). The molecule has 0 bridgehead atoms. The zero-order valence-electron chi connectivity index (χ0n) is 12.6. The lowest BCUT2D eigenvalue weighted by atomic mass is 10.1. The fraction of sp³-hybridized carbons (Fsp3) is 0.176. The van der Waals surface area contributed by atoms with Crippen LogP contribution in [0.2, 0.25) is 0 Å². The molecule has 1 N–H and O–H groups in total. The number of amides is 1. The van der Waals surface area contributed by atoms with Crippen molar-refractivity contribution in [3.63, 3.8) is 0 Å². The third-order valence-electron chi connectivity index (χ3n) is 3.18. The van der Waals surface area contributed by atoms with Gasteiger partial charge in [0.15, 0.2) is 6.61 Å². The number of hydrogen-bond donors (Lipinski definition) is 1. The van der Waals surface area contributed by atoms with E-state index in [0.29, 0.717) is 11.3 Å². The minimum absolute atomic E-state index is 0.0429. The van der Waals surface area contributed by atoms with Crippen LogP contribution < -0.4 is 10.1 Å². The number of carbonyl (C=O) groups is 1. The van der Waals surface area contributed by atoms with Crippen LogP contribution in [0.1, 0.15) is 16.7 Å². The largest absolute Gasteiger partial charge is 0.484 e. The van der Waals surface area contributed by atoms with Crippen LogP contribution in [0, 0.1) is 18.3 Å². The van der Waals surface area contributed by atoms with Gasteiger partial charge >= 0.3 is 6.18 Å². The van der Waals surface area contributed by atoms with Gasteiger partial charge in [-0.2, -0.15) is 18.4 Å². The predicted molar refractivity (Wildman–Crippen MR) is 81.5 cm³/mol. The molecular formula is C17H13F3N2O2. The predicted octanol–water partition coefficient (Wildman–Crippen LogP) is 3.90. The Hall–Kier alpha value is -3.01. The topological polar surface area (TPSA) is 62.1 Å². The molecular weight excluding hydrogens is 321 g/mol. The van der Waals surface area contributed by atoms with Gasteiger partial charge in [0.2, 0.25) is 0 Å². The zero-order chi connectivity index (χ0) is 17.7. The number of anilines is 1. The lowest BCUT2D eigenvalue weighted by Gasteiger charge is -2.13. The van der Waals surface area contributed by atoms with Gasteiger partial charge in [-0.1, -0.05) is 6.07 Å². The second-order valence-electron chi connectivity index (χ2n) is 5.00. The van der Waals surface area contributed by atoms with Gasteiger partial charge < -0.3 is 10.1 Å². The van der Waals surface area contributed by atoms with Crippen molar-refractivity contribution in [2.45, 2.75) is 13.1 Å². The summed E-state index contributed by atoms with van der Waals surface area (Å²) >= 11 is 0. The summed E-state index contributed by atoms with van der Waals surface area (Å²) in [5.41, 5.74) is -0.227. The fourth-order valence-corrected chi connectivity index (χ4v) is 1.98. The summed E-state index contributed by atoms with van der Waals surface area (Å²) in [4.78, 5) is 11.8. The molecule has 0 fully saturated rings. The number of halogens is 3. The van der Waals surface area contributed by atoms with E-state index < -0.39 is 17.6 Å². The van der Waals surface area contributed by atoms with Crippen molar-refractivity contribution in [2.24, 2.45) is 0 Å². The maximum absolute atomic E-state index is 12.8. The van der Waals surface area contributed by atoms with E-state index in [1.807, 2.05) is 6.07 Å². The molecule has 0 radical (unpaired) electrons. The van der Waals surface area contributed by atoms with Gasteiger partial charge in [0.05, 0.1) is 17.2 Å². The summed E-state index contributed by atoms with van der Waals surface area (Å²) in [7, 11) is 0. The van der Waals surface area contributed by atoms with E-state index in [4.69, 9.17) is 10.00 Å². The van der Waals surface area contributed by atoms with Gasteiger partial charge in [-0.05, 0) is 48.9 Å². The molecule has 2 aromatic rings. The molecule has 0 unspecified atom stereocenters. The second kappa shape index (κ2) is 7.04. The number of nitrogens with one attached hydrogen (secondary N) is 1. The molecule has 0 aliphatic carbocycles. The molecule has 4 nitrogen and oxygen atoms in total.